The molecule has 0 bridgehead atoms. The minimum atomic E-state index is -1.32. The van der Waals surface area contributed by atoms with Crippen molar-refractivity contribution in [2.24, 2.45) is 0 Å². The Hall–Kier alpha value is -2.37. The van der Waals surface area contributed by atoms with Crippen molar-refractivity contribution in [3.63, 3.8) is 0 Å². The molecule has 0 aliphatic heterocycles. The second-order valence-electron chi connectivity index (χ2n) is 2.86. The Balaban J connectivity index is 3.38. The average Bonchev–Trinajstić information content (AvgIpc) is 2.26. The van der Waals surface area contributed by atoms with Gasteiger partial charge in [-0.25, -0.2) is 14.4 Å². The highest BCUT2D eigenvalue weighted by molar-refractivity contribution is 6.04. The molecule has 1 rings (SSSR count). The highest BCUT2D eigenvalue weighted by Crippen LogP contribution is 2.13. The van der Waals surface area contributed by atoms with Gasteiger partial charge in [0, 0.05) is 0 Å². The summed E-state index contributed by atoms with van der Waals surface area (Å²) in [5, 5.41) is 17.5. The lowest BCUT2D eigenvalue weighted by Crippen LogP contribution is -2.11. The van der Waals surface area contributed by atoms with Crippen molar-refractivity contribution < 1.29 is 29.3 Å². The maximum atomic E-state index is 11.2. The second-order valence-corrected chi connectivity index (χ2v) is 2.86. The fraction of sp³-hybridized carbons (Fsp3) is 0.100. The van der Waals surface area contributed by atoms with Gasteiger partial charge in [-0.2, -0.15) is 0 Å². The highest BCUT2D eigenvalue weighted by Gasteiger charge is 2.19. The Kier molecular flexibility index (Phi) is 3.24. The molecule has 0 spiro atoms. The van der Waals surface area contributed by atoms with E-state index in [-0.39, 0.29) is 16.7 Å². The summed E-state index contributed by atoms with van der Waals surface area (Å²) < 4.78 is 4.37. The van der Waals surface area contributed by atoms with Crippen LogP contribution >= 0.6 is 0 Å². The quantitative estimate of drug-likeness (QED) is 0.738. The van der Waals surface area contributed by atoms with Crippen LogP contribution in [0.25, 0.3) is 0 Å². The number of carbonyl (C=O) groups is 3. The Labute approximate surface area is 90.1 Å². The van der Waals surface area contributed by atoms with E-state index in [2.05, 4.69) is 4.74 Å². The summed E-state index contributed by atoms with van der Waals surface area (Å²) in [5.74, 6) is -3.46. The molecule has 0 radical (unpaired) electrons. The zero-order valence-electron chi connectivity index (χ0n) is 8.26. The smallest absolute Gasteiger partial charge is 0.338 e. The number of methoxy groups -OCH3 is 1. The molecular weight excluding hydrogens is 216 g/mol. The lowest BCUT2D eigenvalue weighted by molar-refractivity contribution is 0.0582. The highest BCUT2D eigenvalue weighted by atomic mass is 16.5. The van der Waals surface area contributed by atoms with Gasteiger partial charge < -0.3 is 14.9 Å². The van der Waals surface area contributed by atoms with Gasteiger partial charge in [-0.05, 0) is 18.2 Å². The van der Waals surface area contributed by atoms with Crippen LogP contribution in [-0.4, -0.2) is 35.2 Å². The average molecular weight is 224 g/mol. The fourth-order valence-corrected chi connectivity index (χ4v) is 1.14. The molecule has 84 valence electrons. The van der Waals surface area contributed by atoms with E-state index < -0.39 is 17.9 Å². The zero-order chi connectivity index (χ0) is 12.3. The van der Waals surface area contributed by atoms with Gasteiger partial charge in [0.05, 0.1) is 23.8 Å². The van der Waals surface area contributed by atoms with E-state index >= 15 is 0 Å². The van der Waals surface area contributed by atoms with Crippen molar-refractivity contribution in [3.05, 3.63) is 34.9 Å². The number of aromatic carboxylic acids is 2. The first-order valence-corrected chi connectivity index (χ1v) is 4.16. The number of carboxylic acid groups (broad SMARTS) is 2. The van der Waals surface area contributed by atoms with Crippen LogP contribution in [-0.2, 0) is 4.74 Å². The molecule has 0 aliphatic rings. The fourth-order valence-electron chi connectivity index (χ4n) is 1.14. The van der Waals surface area contributed by atoms with Gasteiger partial charge in [-0.3, -0.25) is 0 Å². The van der Waals surface area contributed by atoms with Crippen LogP contribution in [0.5, 0.6) is 0 Å². The molecule has 0 fully saturated rings. The molecule has 0 aliphatic carbocycles. The maximum absolute atomic E-state index is 11.2. The second kappa shape index (κ2) is 4.43. The third-order valence-electron chi connectivity index (χ3n) is 1.90. The van der Waals surface area contributed by atoms with E-state index in [0.717, 1.165) is 25.3 Å². The first-order valence-electron chi connectivity index (χ1n) is 4.16. The first kappa shape index (κ1) is 11.7. The molecule has 0 unspecified atom stereocenters. The molecule has 0 aromatic heterocycles. The van der Waals surface area contributed by atoms with Crippen LogP contribution in [0.4, 0.5) is 0 Å². The normalized spacial score (nSPS) is 9.56. The van der Waals surface area contributed by atoms with E-state index in [0.29, 0.717) is 0 Å². The third-order valence-corrected chi connectivity index (χ3v) is 1.90. The zero-order valence-corrected chi connectivity index (χ0v) is 8.26. The van der Waals surface area contributed by atoms with Gasteiger partial charge in [0.1, 0.15) is 0 Å². The van der Waals surface area contributed by atoms with Crippen LogP contribution in [0.15, 0.2) is 18.2 Å². The third kappa shape index (κ3) is 2.17. The summed E-state index contributed by atoms with van der Waals surface area (Å²) in [5.41, 5.74) is -0.753. The van der Waals surface area contributed by atoms with Crippen LogP contribution in [0, 0.1) is 0 Å². The van der Waals surface area contributed by atoms with Crippen LogP contribution < -0.4 is 0 Å². The van der Waals surface area contributed by atoms with Gasteiger partial charge in [-0.15, -0.1) is 0 Å². The monoisotopic (exact) mass is 224 g/mol. The van der Waals surface area contributed by atoms with Crippen LogP contribution in [0.2, 0.25) is 0 Å². The van der Waals surface area contributed by atoms with Crippen molar-refractivity contribution >= 4 is 17.9 Å². The minimum absolute atomic E-state index is 0.176. The number of hydrogen-bond acceptors (Lipinski definition) is 4. The molecule has 1 aromatic rings. The molecule has 1 aromatic carbocycles. The Bertz CT molecular complexity index is 462. The van der Waals surface area contributed by atoms with Crippen molar-refractivity contribution in [1.82, 2.24) is 0 Å². The molecule has 0 saturated carbocycles. The van der Waals surface area contributed by atoms with Crippen molar-refractivity contribution in [1.29, 1.82) is 0 Å². The largest absolute Gasteiger partial charge is 0.478 e. The van der Waals surface area contributed by atoms with Gasteiger partial charge in [0.2, 0.25) is 0 Å². The van der Waals surface area contributed by atoms with E-state index in [1.54, 1.807) is 0 Å². The van der Waals surface area contributed by atoms with Crippen LogP contribution in [0.1, 0.15) is 31.1 Å². The molecule has 0 saturated heterocycles. The lowest BCUT2D eigenvalue weighted by Gasteiger charge is -2.04. The Morgan fingerprint density at radius 3 is 2.12 bits per heavy atom. The number of hydrogen-bond donors (Lipinski definition) is 2. The predicted molar refractivity (Wildman–Crippen MR) is 51.7 cm³/mol. The number of rotatable bonds is 3. The molecule has 6 nitrogen and oxygen atoms in total. The minimum Gasteiger partial charge on any atom is -0.478 e. The van der Waals surface area contributed by atoms with E-state index in [9.17, 15) is 14.4 Å². The van der Waals surface area contributed by atoms with E-state index in [1.807, 2.05) is 0 Å². The van der Waals surface area contributed by atoms with Gasteiger partial charge in [-0.1, -0.05) is 0 Å². The number of ether oxygens (including phenoxy) is 1. The summed E-state index contributed by atoms with van der Waals surface area (Å²) in [6.07, 6.45) is 0. The standard InChI is InChI=1S/C10H8O6/c1-16-10(15)7-4-5(8(11)12)2-3-6(7)9(13)14/h2-4H,1H3,(H,11,12)(H,13,14). The number of benzene rings is 1. The molecule has 0 heterocycles. The molecule has 0 atom stereocenters. The van der Waals surface area contributed by atoms with Crippen LogP contribution in [0.3, 0.4) is 0 Å². The SMILES string of the molecule is COC(=O)c1cc(C(=O)O)ccc1C(=O)O. The van der Waals surface area contributed by atoms with Crippen molar-refractivity contribution in [3.8, 4) is 0 Å². The predicted octanol–water partition coefficient (Wildman–Crippen LogP) is 0.870. The van der Waals surface area contributed by atoms with Crippen molar-refractivity contribution in [2.45, 2.75) is 0 Å². The van der Waals surface area contributed by atoms with E-state index in [1.165, 1.54) is 0 Å². The Morgan fingerprint density at radius 2 is 1.69 bits per heavy atom. The topological polar surface area (TPSA) is 101 Å². The summed E-state index contributed by atoms with van der Waals surface area (Å²) in [6, 6.07) is 3.13. The first-order chi connectivity index (χ1) is 7.47. The Morgan fingerprint density at radius 1 is 1.06 bits per heavy atom. The van der Waals surface area contributed by atoms with Crippen molar-refractivity contribution in [2.75, 3.05) is 7.11 Å². The maximum Gasteiger partial charge on any atom is 0.338 e. The summed E-state index contributed by atoms with van der Waals surface area (Å²) >= 11 is 0. The number of esters is 1. The molecular formula is C10H8O6. The molecule has 16 heavy (non-hydrogen) atoms. The summed E-state index contributed by atoms with van der Waals surface area (Å²) in [4.78, 5) is 32.6. The van der Waals surface area contributed by atoms with Gasteiger partial charge in [0.15, 0.2) is 0 Å². The van der Waals surface area contributed by atoms with E-state index in [4.69, 9.17) is 10.2 Å². The number of carboxylic acids is 2. The molecule has 0 amide bonds. The van der Waals surface area contributed by atoms with Gasteiger partial charge >= 0.3 is 17.9 Å². The summed E-state index contributed by atoms with van der Waals surface area (Å²) in [6.45, 7) is 0. The molecule has 6 heteroatoms. The molecule has 2 N–H and O–H groups in total. The number of carbonyl (C=O) groups excluding carboxylic acids is 1. The lowest BCUT2D eigenvalue weighted by atomic mass is 10.0. The summed E-state index contributed by atoms with van der Waals surface area (Å²) in [7, 11) is 1.08. The van der Waals surface area contributed by atoms with Gasteiger partial charge in [0.25, 0.3) is 0 Å².